The minimum Gasteiger partial charge on any atom is -0.364 e. The van der Waals surface area contributed by atoms with Crippen LogP contribution in [0.3, 0.4) is 0 Å². The van der Waals surface area contributed by atoms with Crippen LogP contribution in [-0.4, -0.2) is 29.0 Å². The van der Waals surface area contributed by atoms with Crippen LogP contribution in [0.5, 0.6) is 0 Å². The first-order valence-corrected chi connectivity index (χ1v) is 2.81. The highest BCUT2D eigenvalue weighted by atomic mass is 32.1. The van der Waals surface area contributed by atoms with Crippen molar-refractivity contribution in [3.8, 4) is 0 Å². The van der Waals surface area contributed by atoms with E-state index in [1.54, 1.807) is 7.05 Å². The lowest BCUT2D eigenvalue weighted by molar-refractivity contribution is -0.00955. The quantitative estimate of drug-likeness (QED) is 0.397. The third-order valence-electron chi connectivity index (χ3n) is 0.748. The molecule has 0 saturated heterocycles. The third kappa shape index (κ3) is 2.09. The Balaban J connectivity index is 3.46. The summed E-state index contributed by atoms with van der Waals surface area (Å²) in [6.07, 6.45) is 0. The maximum atomic E-state index is 8.76. The second-order valence-electron chi connectivity index (χ2n) is 1.27. The Morgan fingerprint density at radius 1 is 1.88 bits per heavy atom. The fourth-order valence-corrected chi connectivity index (χ4v) is 0.402. The van der Waals surface area contributed by atoms with Crippen LogP contribution in [0.15, 0.2) is 0 Å². The lowest BCUT2D eigenvalue weighted by Crippen LogP contribution is -2.34. The number of hydrogen-bond donors (Lipinski definition) is 2. The topological polar surface area (TPSA) is 35.5 Å². The Labute approximate surface area is 54.3 Å². The van der Waals surface area contributed by atoms with Crippen molar-refractivity contribution in [2.75, 3.05) is 13.6 Å². The maximum Gasteiger partial charge on any atom is 0.192 e. The Bertz CT molecular complexity index is 86.1. The highest BCUT2D eigenvalue weighted by Crippen LogP contribution is 1.79. The minimum atomic E-state index is 0.354. The van der Waals surface area contributed by atoms with Crippen LogP contribution in [0.25, 0.3) is 0 Å². The van der Waals surface area contributed by atoms with Crippen molar-refractivity contribution in [3.05, 3.63) is 0 Å². The van der Waals surface area contributed by atoms with Crippen LogP contribution in [0.2, 0.25) is 0 Å². The number of hydroxylamine groups is 2. The molecule has 48 valence electrons. The highest BCUT2D eigenvalue weighted by molar-refractivity contribution is 7.80. The molecule has 0 aromatic heterocycles. The van der Waals surface area contributed by atoms with Crippen molar-refractivity contribution in [2.45, 2.75) is 6.92 Å². The van der Waals surface area contributed by atoms with E-state index in [1.165, 1.54) is 0 Å². The van der Waals surface area contributed by atoms with Crippen molar-refractivity contribution in [3.63, 3.8) is 0 Å². The number of hydrogen-bond acceptors (Lipinski definition) is 2. The van der Waals surface area contributed by atoms with Gasteiger partial charge in [-0.05, 0) is 19.1 Å². The zero-order valence-electron chi connectivity index (χ0n) is 5.01. The Morgan fingerprint density at radius 2 is 2.38 bits per heavy atom. The van der Waals surface area contributed by atoms with E-state index in [2.05, 4.69) is 17.5 Å². The van der Waals surface area contributed by atoms with Crippen molar-refractivity contribution >= 4 is 17.3 Å². The van der Waals surface area contributed by atoms with Gasteiger partial charge in [0.05, 0.1) is 0 Å². The van der Waals surface area contributed by atoms with Gasteiger partial charge < -0.3 is 5.32 Å². The first-order valence-electron chi connectivity index (χ1n) is 2.40. The van der Waals surface area contributed by atoms with Gasteiger partial charge in [0.1, 0.15) is 0 Å². The molecule has 0 aliphatic rings. The molecule has 0 spiro atoms. The molecule has 0 heterocycles. The second-order valence-corrected chi connectivity index (χ2v) is 1.66. The summed E-state index contributed by atoms with van der Waals surface area (Å²) in [6, 6.07) is 0. The summed E-state index contributed by atoms with van der Waals surface area (Å²) >= 11 is 4.64. The highest BCUT2D eigenvalue weighted by Gasteiger charge is 1.96. The van der Waals surface area contributed by atoms with Gasteiger partial charge in [-0.1, -0.05) is 0 Å². The van der Waals surface area contributed by atoms with Gasteiger partial charge in [0.2, 0.25) is 0 Å². The molecule has 0 amide bonds. The average molecular weight is 134 g/mol. The SMILES string of the molecule is CCN(O)C(=S)NC. The lowest BCUT2D eigenvalue weighted by Gasteiger charge is -2.13. The number of thiocarbonyl (C=S) groups is 1. The van der Waals surface area contributed by atoms with Crippen LogP contribution in [0.1, 0.15) is 6.92 Å². The molecule has 0 radical (unpaired) electrons. The van der Waals surface area contributed by atoms with Gasteiger partial charge in [-0.2, -0.15) is 0 Å². The summed E-state index contributed by atoms with van der Waals surface area (Å²) < 4.78 is 0. The normalized spacial score (nSPS) is 8.38. The van der Waals surface area contributed by atoms with E-state index < -0.39 is 0 Å². The summed E-state index contributed by atoms with van der Waals surface area (Å²) in [5.74, 6) is 0. The van der Waals surface area contributed by atoms with E-state index in [1.807, 2.05) is 6.92 Å². The van der Waals surface area contributed by atoms with Gasteiger partial charge in [0.25, 0.3) is 0 Å². The molecule has 0 aromatic rings. The van der Waals surface area contributed by atoms with E-state index in [0.29, 0.717) is 11.7 Å². The first-order chi connectivity index (χ1) is 3.72. The monoisotopic (exact) mass is 134 g/mol. The summed E-state index contributed by atoms with van der Waals surface area (Å²) in [7, 11) is 1.67. The molecule has 8 heavy (non-hydrogen) atoms. The van der Waals surface area contributed by atoms with Gasteiger partial charge >= 0.3 is 0 Å². The van der Waals surface area contributed by atoms with Gasteiger partial charge in [-0.15, -0.1) is 0 Å². The van der Waals surface area contributed by atoms with Gasteiger partial charge in [0, 0.05) is 13.6 Å². The fourth-order valence-electron chi connectivity index (χ4n) is 0.273. The third-order valence-corrected chi connectivity index (χ3v) is 1.16. The summed E-state index contributed by atoms with van der Waals surface area (Å²) in [4.78, 5) is 0. The average Bonchev–Trinajstić information content (AvgIpc) is 1.84. The molecular weight excluding hydrogens is 124 g/mol. The number of nitrogens with zero attached hydrogens (tertiary/aromatic N) is 1. The lowest BCUT2D eigenvalue weighted by atomic mass is 10.7. The van der Waals surface area contributed by atoms with Gasteiger partial charge in [0.15, 0.2) is 5.11 Å². The second kappa shape index (κ2) is 3.63. The van der Waals surface area contributed by atoms with E-state index in [-0.39, 0.29) is 0 Å². The van der Waals surface area contributed by atoms with Crippen LogP contribution in [0, 0.1) is 0 Å². The Hall–Kier alpha value is -0.350. The van der Waals surface area contributed by atoms with E-state index in [4.69, 9.17) is 5.21 Å². The molecular formula is C4H10N2OS. The molecule has 0 atom stereocenters. The maximum absolute atomic E-state index is 8.76. The smallest absolute Gasteiger partial charge is 0.192 e. The molecule has 0 unspecified atom stereocenters. The fraction of sp³-hybridized carbons (Fsp3) is 0.750. The molecule has 0 saturated carbocycles. The Kier molecular flexibility index (Phi) is 3.47. The van der Waals surface area contributed by atoms with Gasteiger partial charge in [-0.3, -0.25) is 5.21 Å². The summed E-state index contributed by atoms with van der Waals surface area (Å²) in [6.45, 7) is 2.32. The first kappa shape index (κ1) is 7.65. The van der Waals surface area contributed by atoms with Crippen molar-refractivity contribution < 1.29 is 5.21 Å². The molecule has 0 aliphatic carbocycles. The van der Waals surface area contributed by atoms with Crippen LogP contribution in [0.4, 0.5) is 0 Å². The van der Waals surface area contributed by atoms with E-state index in [9.17, 15) is 0 Å². The van der Waals surface area contributed by atoms with Crippen LogP contribution in [-0.2, 0) is 0 Å². The van der Waals surface area contributed by atoms with Crippen molar-refractivity contribution in [1.82, 2.24) is 10.4 Å². The molecule has 0 fully saturated rings. The molecule has 0 aromatic carbocycles. The minimum absolute atomic E-state index is 0.354. The van der Waals surface area contributed by atoms with Crippen molar-refractivity contribution in [1.29, 1.82) is 0 Å². The molecule has 3 nitrogen and oxygen atoms in total. The van der Waals surface area contributed by atoms with E-state index in [0.717, 1.165) is 5.06 Å². The molecule has 0 rings (SSSR count). The zero-order chi connectivity index (χ0) is 6.57. The number of rotatable bonds is 1. The summed E-state index contributed by atoms with van der Waals surface area (Å²) in [5.41, 5.74) is 0. The summed E-state index contributed by atoms with van der Waals surface area (Å²) in [5, 5.41) is 12.7. The Morgan fingerprint density at radius 3 is 2.50 bits per heavy atom. The van der Waals surface area contributed by atoms with Gasteiger partial charge in [-0.25, -0.2) is 5.06 Å². The predicted octanol–water partition coefficient (Wildman–Crippen LogP) is 0.202. The molecule has 4 heteroatoms. The largest absolute Gasteiger partial charge is 0.364 e. The van der Waals surface area contributed by atoms with Crippen LogP contribution < -0.4 is 5.32 Å². The molecule has 0 bridgehead atoms. The predicted molar refractivity (Wildman–Crippen MR) is 35.8 cm³/mol. The van der Waals surface area contributed by atoms with Crippen molar-refractivity contribution in [2.24, 2.45) is 0 Å². The molecule has 0 aliphatic heterocycles. The number of nitrogens with one attached hydrogen (secondary N) is 1. The van der Waals surface area contributed by atoms with Crippen LogP contribution >= 0.6 is 12.2 Å². The zero-order valence-corrected chi connectivity index (χ0v) is 5.83. The molecule has 2 N–H and O–H groups in total. The standard InChI is InChI=1S/C4H10N2OS/c1-3-6(7)4(8)5-2/h7H,3H2,1-2H3,(H,5,8). The van der Waals surface area contributed by atoms with E-state index >= 15 is 0 Å².